The molecule has 4 heterocycles. The first kappa shape index (κ1) is 18.8. The molecule has 1 aromatic carbocycles. The summed E-state index contributed by atoms with van der Waals surface area (Å²) in [6, 6.07) is 12.9. The van der Waals surface area contributed by atoms with Crippen LogP contribution >= 0.6 is 11.8 Å². The molecule has 0 saturated carbocycles. The van der Waals surface area contributed by atoms with Gasteiger partial charge < -0.3 is 19.3 Å². The summed E-state index contributed by atoms with van der Waals surface area (Å²) in [5, 5.41) is 1.69. The summed E-state index contributed by atoms with van der Waals surface area (Å²) in [7, 11) is 1.75. The predicted octanol–water partition coefficient (Wildman–Crippen LogP) is 3.52. The van der Waals surface area contributed by atoms with Crippen LogP contribution in [0.25, 0.3) is 0 Å². The fourth-order valence-corrected chi connectivity index (χ4v) is 5.51. The van der Waals surface area contributed by atoms with Crippen LogP contribution in [0, 0.1) is 0 Å². The number of amidine groups is 1. The van der Waals surface area contributed by atoms with Crippen molar-refractivity contribution in [2.24, 2.45) is 4.99 Å². The molecule has 29 heavy (non-hydrogen) atoms. The first-order valence-corrected chi connectivity index (χ1v) is 11.0. The van der Waals surface area contributed by atoms with Crippen LogP contribution in [-0.4, -0.2) is 60.3 Å². The van der Waals surface area contributed by atoms with Gasteiger partial charge in [0.15, 0.2) is 5.17 Å². The number of aliphatic imine (C=N–C) groups is 1. The maximum Gasteiger partial charge on any atom is 0.160 e. The molecule has 0 N–H and O–H groups in total. The molecule has 7 heteroatoms. The van der Waals surface area contributed by atoms with Gasteiger partial charge in [-0.2, -0.15) is 0 Å². The van der Waals surface area contributed by atoms with Gasteiger partial charge in [0.25, 0.3) is 0 Å². The van der Waals surface area contributed by atoms with E-state index in [9.17, 15) is 0 Å². The number of aromatic nitrogens is 1. The van der Waals surface area contributed by atoms with E-state index in [0.717, 1.165) is 55.1 Å². The van der Waals surface area contributed by atoms with E-state index in [0.29, 0.717) is 5.25 Å². The van der Waals surface area contributed by atoms with E-state index in [-0.39, 0.29) is 12.1 Å². The average Bonchev–Trinajstić information content (AvgIpc) is 3.30. The highest BCUT2D eigenvalue weighted by atomic mass is 32.2. The van der Waals surface area contributed by atoms with E-state index in [4.69, 9.17) is 14.5 Å². The second kappa shape index (κ2) is 7.88. The van der Waals surface area contributed by atoms with E-state index >= 15 is 0 Å². The van der Waals surface area contributed by atoms with Gasteiger partial charge in [-0.15, -0.1) is 0 Å². The molecule has 0 radical (unpaired) electrons. The zero-order valence-electron chi connectivity index (χ0n) is 16.8. The molecule has 2 fully saturated rings. The number of thioether (sulfide) groups is 1. The molecule has 6 nitrogen and oxygen atoms in total. The van der Waals surface area contributed by atoms with Crippen molar-refractivity contribution in [3.63, 3.8) is 0 Å². The number of pyridine rings is 1. The SMILES string of the molecule is COc1cc(C2C(c3ccccn3)N=C3SC(C)CN32)ccc1N1CCOCC1. The van der Waals surface area contributed by atoms with Crippen molar-refractivity contribution in [1.82, 2.24) is 9.88 Å². The smallest absolute Gasteiger partial charge is 0.160 e. The number of methoxy groups -OCH3 is 1. The summed E-state index contributed by atoms with van der Waals surface area (Å²) < 4.78 is 11.3. The Labute approximate surface area is 175 Å². The molecule has 3 atom stereocenters. The maximum absolute atomic E-state index is 5.81. The summed E-state index contributed by atoms with van der Waals surface area (Å²) in [6.45, 7) is 6.57. The normalized spacial score (nSPS) is 26.4. The minimum atomic E-state index is 0.00476. The summed E-state index contributed by atoms with van der Waals surface area (Å²) in [4.78, 5) is 14.5. The van der Waals surface area contributed by atoms with Gasteiger partial charge in [-0.05, 0) is 29.8 Å². The van der Waals surface area contributed by atoms with Crippen LogP contribution in [0.1, 0.15) is 30.3 Å². The Kier molecular flexibility index (Phi) is 5.09. The quantitative estimate of drug-likeness (QED) is 0.769. The molecule has 5 rings (SSSR count). The van der Waals surface area contributed by atoms with Crippen LogP contribution in [0.3, 0.4) is 0 Å². The van der Waals surface area contributed by atoms with Crippen molar-refractivity contribution in [3.8, 4) is 5.75 Å². The standard InChI is InChI=1S/C22H26N4O2S/c1-15-14-26-21(20(24-22(26)29-15)17-5-3-4-8-23-17)16-6-7-18(19(13-16)27-2)25-9-11-28-12-10-25/h3-8,13,15,20-21H,9-12,14H2,1-2H3. The molecule has 3 aliphatic rings. The number of rotatable bonds is 4. The van der Waals surface area contributed by atoms with Crippen LogP contribution < -0.4 is 9.64 Å². The van der Waals surface area contributed by atoms with Crippen LogP contribution in [-0.2, 0) is 4.74 Å². The third-order valence-electron chi connectivity index (χ3n) is 5.78. The lowest BCUT2D eigenvalue weighted by atomic mass is 9.95. The molecule has 1 aromatic heterocycles. The number of benzene rings is 1. The third-order valence-corrected chi connectivity index (χ3v) is 6.88. The highest BCUT2D eigenvalue weighted by molar-refractivity contribution is 8.14. The van der Waals surface area contributed by atoms with Crippen molar-refractivity contribution < 1.29 is 9.47 Å². The van der Waals surface area contributed by atoms with Crippen molar-refractivity contribution >= 4 is 22.6 Å². The predicted molar refractivity (Wildman–Crippen MR) is 117 cm³/mol. The van der Waals surface area contributed by atoms with Gasteiger partial charge >= 0.3 is 0 Å². The van der Waals surface area contributed by atoms with Gasteiger partial charge in [-0.25, -0.2) is 0 Å². The highest BCUT2D eigenvalue weighted by Gasteiger charge is 2.43. The van der Waals surface area contributed by atoms with Gasteiger partial charge in [0.1, 0.15) is 11.8 Å². The molecular weight excluding hydrogens is 384 g/mol. The van der Waals surface area contributed by atoms with Gasteiger partial charge in [-0.3, -0.25) is 9.98 Å². The fraction of sp³-hybridized carbons (Fsp3) is 0.455. The minimum absolute atomic E-state index is 0.00476. The molecule has 2 saturated heterocycles. The van der Waals surface area contributed by atoms with Crippen LogP contribution in [0.15, 0.2) is 47.6 Å². The molecule has 3 aliphatic heterocycles. The molecule has 0 amide bonds. The first-order valence-electron chi connectivity index (χ1n) is 10.2. The van der Waals surface area contributed by atoms with Crippen molar-refractivity contribution in [2.75, 3.05) is 44.9 Å². The largest absolute Gasteiger partial charge is 0.495 e. The van der Waals surface area contributed by atoms with Crippen molar-refractivity contribution in [1.29, 1.82) is 0 Å². The molecule has 2 aromatic rings. The van der Waals surface area contributed by atoms with Gasteiger partial charge in [0, 0.05) is 31.1 Å². The molecule has 0 bridgehead atoms. The lowest BCUT2D eigenvalue weighted by molar-refractivity contribution is 0.122. The number of nitrogens with zero attached hydrogens (tertiary/aromatic N) is 4. The lowest BCUT2D eigenvalue weighted by Gasteiger charge is -2.32. The monoisotopic (exact) mass is 410 g/mol. The zero-order chi connectivity index (χ0) is 19.8. The van der Waals surface area contributed by atoms with Gasteiger partial charge in [0.2, 0.25) is 0 Å². The Bertz CT molecular complexity index is 901. The molecule has 0 spiro atoms. The highest BCUT2D eigenvalue weighted by Crippen LogP contribution is 2.48. The molecule has 3 unspecified atom stereocenters. The number of hydrogen-bond donors (Lipinski definition) is 0. The summed E-state index contributed by atoms with van der Waals surface area (Å²) in [5.74, 6) is 0.914. The number of fused-ring (bicyclic) bond motifs is 1. The van der Waals surface area contributed by atoms with E-state index in [1.807, 2.05) is 30.1 Å². The summed E-state index contributed by atoms with van der Waals surface area (Å²) >= 11 is 1.86. The van der Waals surface area contributed by atoms with Crippen molar-refractivity contribution in [3.05, 3.63) is 53.9 Å². The summed E-state index contributed by atoms with van der Waals surface area (Å²) in [6.07, 6.45) is 1.86. The van der Waals surface area contributed by atoms with E-state index in [2.05, 4.69) is 46.0 Å². The van der Waals surface area contributed by atoms with Crippen LogP contribution in [0.2, 0.25) is 0 Å². The number of morpholine rings is 1. The second-order valence-electron chi connectivity index (χ2n) is 7.67. The fourth-order valence-electron chi connectivity index (χ4n) is 4.42. The number of anilines is 1. The summed E-state index contributed by atoms with van der Waals surface area (Å²) in [5.41, 5.74) is 3.38. The van der Waals surface area contributed by atoms with Crippen LogP contribution in [0.5, 0.6) is 5.75 Å². The second-order valence-corrected chi connectivity index (χ2v) is 9.07. The average molecular weight is 411 g/mol. The van der Waals surface area contributed by atoms with E-state index in [1.54, 1.807) is 7.11 Å². The van der Waals surface area contributed by atoms with Gasteiger partial charge in [0.05, 0.1) is 37.7 Å². The Morgan fingerprint density at radius 1 is 1.17 bits per heavy atom. The minimum Gasteiger partial charge on any atom is -0.495 e. The van der Waals surface area contributed by atoms with E-state index in [1.165, 1.54) is 5.56 Å². The van der Waals surface area contributed by atoms with Crippen molar-refractivity contribution in [2.45, 2.75) is 24.3 Å². The first-order chi connectivity index (χ1) is 14.2. The van der Waals surface area contributed by atoms with Crippen LogP contribution in [0.4, 0.5) is 5.69 Å². The third kappa shape index (κ3) is 3.46. The van der Waals surface area contributed by atoms with Gasteiger partial charge in [-0.1, -0.05) is 30.8 Å². The molecule has 152 valence electrons. The molecule has 0 aliphatic carbocycles. The lowest BCUT2D eigenvalue weighted by Crippen LogP contribution is -2.36. The molecular formula is C22H26N4O2S. The Morgan fingerprint density at radius 3 is 2.79 bits per heavy atom. The maximum atomic E-state index is 5.81. The number of hydrogen-bond acceptors (Lipinski definition) is 7. The Balaban J connectivity index is 1.52. The number of ether oxygens (including phenoxy) is 2. The van der Waals surface area contributed by atoms with E-state index < -0.39 is 0 Å². The Morgan fingerprint density at radius 2 is 2.03 bits per heavy atom. The topological polar surface area (TPSA) is 50.2 Å². The zero-order valence-corrected chi connectivity index (χ0v) is 17.6. The Hall–Kier alpha value is -2.25.